The van der Waals surface area contributed by atoms with Crippen molar-refractivity contribution in [3.63, 3.8) is 0 Å². The lowest BCUT2D eigenvalue weighted by Crippen LogP contribution is -2.62. The van der Waals surface area contributed by atoms with Gasteiger partial charge in [-0.3, -0.25) is 9.59 Å². The van der Waals surface area contributed by atoms with E-state index in [2.05, 4.69) is 5.32 Å². The Morgan fingerprint density at radius 1 is 0.896 bits per heavy atom. The molecule has 1 aliphatic carbocycles. The summed E-state index contributed by atoms with van der Waals surface area (Å²) in [5, 5.41) is 3.61. The lowest BCUT2D eigenvalue weighted by molar-refractivity contribution is -0.132. The zero-order valence-corrected chi connectivity index (χ0v) is 27.1. The summed E-state index contributed by atoms with van der Waals surface area (Å²) in [4.78, 5) is 30.6. The number of methoxy groups -OCH3 is 1. The summed E-state index contributed by atoms with van der Waals surface area (Å²) in [5.74, 6) is -2.75. The SMILES string of the molecule is COc1ccc(OCCN(C(=O)C2=C(c3ccc(CCCOc4c(F)ccc(F)c4F)cc3)CC3CN(C(C)=O)CC2N3)C2CC2)cc1. The maximum atomic E-state index is 14.5. The Balaban J connectivity index is 1.17. The van der Waals surface area contributed by atoms with E-state index >= 15 is 0 Å². The van der Waals surface area contributed by atoms with Gasteiger partial charge in [0.1, 0.15) is 18.1 Å². The second kappa shape index (κ2) is 14.7. The fraction of sp³-hybridized carbons (Fsp3) is 0.405. The number of carbonyl (C=O) groups excluding carboxylic acids is 2. The van der Waals surface area contributed by atoms with Gasteiger partial charge in [0, 0.05) is 37.7 Å². The van der Waals surface area contributed by atoms with Crippen molar-refractivity contribution >= 4 is 17.4 Å². The molecule has 6 rings (SSSR count). The molecule has 2 bridgehead atoms. The van der Waals surface area contributed by atoms with Gasteiger partial charge in [-0.25, -0.2) is 8.78 Å². The van der Waals surface area contributed by atoms with Crippen LogP contribution in [0.15, 0.2) is 66.2 Å². The third-order valence-electron chi connectivity index (χ3n) is 9.15. The van der Waals surface area contributed by atoms with Crippen LogP contribution in [0, 0.1) is 17.5 Å². The van der Waals surface area contributed by atoms with Crippen molar-refractivity contribution in [3.8, 4) is 17.2 Å². The molecule has 2 amide bonds. The molecule has 1 saturated heterocycles. The van der Waals surface area contributed by atoms with E-state index in [1.165, 1.54) is 0 Å². The van der Waals surface area contributed by atoms with Crippen LogP contribution in [-0.2, 0) is 16.0 Å². The van der Waals surface area contributed by atoms with Crippen LogP contribution in [-0.4, -0.2) is 79.7 Å². The highest BCUT2D eigenvalue weighted by atomic mass is 19.2. The molecular formula is C37H40F3N3O5. The predicted octanol–water partition coefficient (Wildman–Crippen LogP) is 5.54. The third-order valence-corrected chi connectivity index (χ3v) is 9.15. The molecule has 1 N–H and O–H groups in total. The van der Waals surface area contributed by atoms with Crippen molar-refractivity contribution in [1.29, 1.82) is 0 Å². The van der Waals surface area contributed by atoms with Crippen molar-refractivity contribution < 1.29 is 37.0 Å². The number of benzene rings is 3. The highest BCUT2D eigenvalue weighted by molar-refractivity contribution is 6.03. The molecule has 0 radical (unpaired) electrons. The Hall–Kier alpha value is -4.51. The number of fused-ring (bicyclic) bond motifs is 2. The van der Waals surface area contributed by atoms with Gasteiger partial charge in [-0.1, -0.05) is 24.3 Å². The van der Waals surface area contributed by atoms with Crippen LogP contribution in [0.3, 0.4) is 0 Å². The average molecular weight is 664 g/mol. The smallest absolute Gasteiger partial charge is 0.252 e. The second-order valence-electron chi connectivity index (χ2n) is 12.5. The van der Waals surface area contributed by atoms with E-state index in [9.17, 15) is 22.8 Å². The molecule has 8 nitrogen and oxygen atoms in total. The maximum absolute atomic E-state index is 14.5. The Morgan fingerprint density at radius 3 is 2.29 bits per heavy atom. The van der Waals surface area contributed by atoms with Gasteiger partial charge in [0.25, 0.3) is 5.91 Å². The number of nitrogens with one attached hydrogen (secondary N) is 1. The summed E-state index contributed by atoms with van der Waals surface area (Å²) in [6.07, 6.45) is 3.51. The van der Waals surface area contributed by atoms with Crippen molar-refractivity contribution in [3.05, 3.63) is 94.8 Å². The summed E-state index contributed by atoms with van der Waals surface area (Å²) in [6.45, 7) is 3.35. The molecule has 3 aromatic carbocycles. The van der Waals surface area contributed by atoms with Crippen LogP contribution in [0.1, 0.15) is 43.7 Å². The van der Waals surface area contributed by atoms with E-state index in [0.29, 0.717) is 56.8 Å². The molecule has 48 heavy (non-hydrogen) atoms. The predicted molar refractivity (Wildman–Crippen MR) is 174 cm³/mol. The minimum Gasteiger partial charge on any atom is -0.497 e. The topological polar surface area (TPSA) is 80.3 Å². The molecule has 0 aromatic heterocycles. The van der Waals surface area contributed by atoms with E-state index in [4.69, 9.17) is 14.2 Å². The number of ether oxygens (including phenoxy) is 3. The van der Waals surface area contributed by atoms with Gasteiger partial charge in [-0.2, -0.15) is 4.39 Å². The quantitative estimate of drug-likeness (QED) is 0.191. The first-order valence-electron chi connectivity index (χ1n) is 16.4. The number of halogens is 3. The first kappa shape index (κ1) is 33.4. The Labute approximate surface area is 278 Å². The minimum atomic E-state index is -1.33. The van der Waals surface area contributed by atoms with Crippen molar-refractivity contribution in [2.24, 2.45) is 0 Å². The van der Waals surface area contributed by atoms with Gasteiger partial charge in [-0.05, 0) is 85.2 Å². The first-order chi connectivity index (χ1) is 23.2. The van der Waals surface area contributed by atoms with Crippen LogP contribution in [0.25, 0.3) is 5.57 Å². The Morgan fingerprint density at radius 2 is 1.60 bits per heavy atom. The fourth-order valence-corrected chi connectivity index (χ4v) is 6.51. The summed E-state index contributed by atoms with van der Waals surface area (Å²) in [7, 11) is 1.61. The number of nitrogens with zero attached hydrogens (tertiary/aromatic N) is 2. The van der Waals surface area contributed by atoms with Gasteiger partial charge in [0.2, 0.25) is 11.7 Å². The van der Waals surface area contributed by atoms with Crippen molar-refractivity contribution in [2.75, 3.05) is 40.0 Å². The van der Waals surface area contributed by atoms with Crippen molar-refractivity contribution in [2.45, 2.75) is 57.2 Å². The number of piperazine rings is 1. The van der Waals surface area contributed by atoms with Gasteiger partial charge < -0.3 is 29.3 Å². The molecule has 2 fully saturated rings. The normalized spacial score (nSPS) is 18.8. The Bertz CT molecular complexity index is 1660. The lowest BCUT2D eigenvalue weighted by Gasteiger charge is -2.44. The van der Waals surface area contributed by atoms with E-state index in [1.54, 1.807) is 14.0 Å². The summed E-state index contributed by atoms with van der Waals surface area (Å²) >= 11 is 0. The standard InChI is InChI=1S/C37H40F3N3O5/c1-23(44)42-21-26-20-30(25-7-5-24(6-8-25)4-3-18-48-36-32(39)16-15-31(38)35(36)40)34(33(22-42)41-26)37(45)43(27-9-10-27)17-19-47-29-13-11-28(46-2)12-14-29/h5-8,11-16,26-27,33,41H,3-4,9-10,17-22H2,1-2H3. The fourth-order valence-electron chi connectivity index (χ4n) is 6.51. The van der Waals surface area contributed by atoms with Crippen LogP contribution in [0.5, 0.6) is 17.2 Å². The van der Waals surface area contributed by atoms with Crippen LogP contribution < -0.4 is 19.5 Å². The highest BCUT2D eigenvalue weighted by Crippen LogP contribution is 2.37. The van der Waals surface area contributed by atoms with E-state index in [1.807, 2.05) is 58.3 Å². The molecule has 1 saturated carbocycles. The average Bonchev–Trinajstić information content (AvgIpc) is 3.93. The summed E-state index contributed by atoms with van der Waals surface area (Å²) in [6, 6.07) is 16.7. The molecular weight excluding hydrogens is 623 g/mol. The van der Waals surface area contributed by atoms with Crippen LogP contribution in [0.4, 0.5) is 13.2 Å². The van der Waals surface area contributed by atoms with E-state index < -0.39 is 23.2 Å². The number of rotatable bonds is 13. The molecule has 0 spiro atoms. The second-order valence-corrected chi connectivity index (χ2v) is 12.5. The number of amides is 2. The molecule has 3 aliphatic rings. The first-order valence-corrected chi connectivity index (χ1v) is 16.4. The largest absolute Gasteiger partial charge is 0.497 e. The zero-order chi connectivity index (χ0) is 33.8. The van der Waals surface area contributed by atoms with Crippen LogP contribution >= 0.6 is 0 Å². The van der Waals surface area contributed by atoms with Gasteiger partial charge in [-0.15, -0.1) is 0 Å². The molecule has 2 atom stereocenters. The maximum Gasteiger partial charge on any atom is 0.252 e. The van der Waals surface area contributed by atoms with Gasteiger partial charge in [0.05, 0.1) is 26.3 Å². The van der Waals surface area contributed by atoms with Gasteiger partial charge >= 0.3 is 0 Å². The summed E-state index contributed by atoms with van der Waals surface area (Å²) < 4.78 is 57.7. The van der Waals surface area contributed by atoms with E-state index in [0.717, 1.165) is 47.4 Å². The highest BCUT2D eigenvalue weighted by Gasteiger charge is 2.42. The molecule has 2 heterocycles. The summed E-state index contributed by atoms with van der Waals surface area (Å²) in [5.41, 5.74) is 3.60. The molecule has 2 aliphatic heterocycles. The molecule has 254 valence electrons. The monoisotopic (exact) mass is 663 g/mol. The molecule has 3 aromatic rings. The molecule has 2 unspecified atom stereocenters. The number of hydrogen-bond acceptors (Lipinski definition) is 6. The number of aryl methyl sites for hydroxylation is 1. The number of hydrogen-bond donors (Lipinski definition) is 1. The van der Waals surface area contributed by atoms with Crippen molar-refractivity contribution in [1.82, 2.24) is 15.1 Å². The number of carbonyl (C=O) groups is 2. The third kappa shape index (κ3) is 7.62. The van der Waals surface area contributed by atoms with Crippen LogP contribution in [0.2, 0.25) is 0 Å². The zero-order valence-electron chi connectivity index (χ0n) is 27.1. The van der Waals surface area contributed by atoms with Gasteiger partial charge in [0.15, 0.2) is 17.4 Å². The van der Waals surface area contributed by atoms with E-state index in [-0.39, 0.29) is 36.5 Å². The minimum absolute atomic E-state index is 0.00935. The molecule has 11 heteroatoms. The Kier molecular flexibility index (Phi) is 10.2. The lowest BCUT2D eigenvalue weighted by atomic mass is 9.82.